The number of nitrogens with zero attached hydrogens (tertiary/aromatic N) is 3. The van der Waals surface area contributed by atoms with E-state index in [4.69, 9.17) is 18.9 Å². The maximum atomic E-state index is 14.0. The van der Waals surface area contributed by atoms with Crippen molar-refractivity contribution in [2.45, 2.75) is 25.3 Å². The van der Waals surface area contributed by atoms with Crippen LogP contribution in [0.4, 0.5) is 0 Å². The molecule has 2 heterocycles. The van der Waals surface area contributed by atoms with Crippen molar-refractivity contribution in [2.24, 2.45) is 0 Å². The van der Waals surface area contributed by atoms with Crippen LogP contribution in [0.5, 0.6) is 23.0 Å². The predicted octanol–water partition coefficient (Wildman–Crippen LogP) is 2.78. The number of benzene rings is 2. The standard InChI is InChI=1S/C30H42N4O6/c1-7-33-13-15-34(16-14-33)12-8-11-31-29(35)27-21-18-25(39-5)26(40-6)19-22(21)30(36)32(2)28(27)20-9-10-23(37-3)24(17-20)38-4/h9-10,17-19,27-28H,7-8,11-16H2,1-6H3,(H,31,35). The molecule has 1 fully saturated rings. The molecule has 218 valence electrons. The van der Waals surface area contributed by atoms with Crippen LogP contribution in [0.1, 0.15) is 46.8 Å². The van der Waals surface area contributed by atoms with Crippen LogP contribution in [-0.4, -0.2) is 108 Å². The van der Waals surface area contributed by atoms with Gasteiger partial charge in [-0.15, -0.1) is 0 Å². The maximum Gasteiger partial charge on any atom is 0.254 e. The number of hydrogen-bond acceptors (Lipinski definition) is 8. The molecule has 2 atom stereocenters. The van der Waals surface area contributed by atoms with Crippen LogP contribution in [0.15, 0.2) is 30.3 Å². The zero-order valence-corrected chi connectivity index (χ0v) is 24.5. The first-order chi connectivity index (χ1) is 19.4. The lowest BCUT2D eigenvalue weighted by molar-refractivity contribution is -0.124. The molecule has 2 unspecified atom stereocenters. The summed E-state index contributed by atoms with van der Waals surface area (Å²) in [5.74, 6) is 0.978. The highest BCUT2D eigenvalue weighted by Gasteiger charge is 2.43. The second kappa shape index (κ2) is 13.2. The summed E-state index contributed by atoms with van der Waals surface area (Å²) in [5.41, 5.74) is 1.79. The Hall–Kier alpha value is -3.50. The number of hydrogen-bond donors (Lipinski definition) is 1. The fourth-order valence-corrected chi connectivity index (χ4v) is 5.74. The lowest BCUT2D eigenvalue weighted by Gasteiger charge is -2.40. The van der Waals surface area contributed by atoms with Crippen LogP contribution in [0.25, 0.3) is 0 Å². The van der Waals surface area contributed by atoms with Crippen molar-refractivity contribution in [2.75, 3.05) is 81.3 Å². The van der Waals surface area contributed by atoms with Gasteiger partial charge in [0.25, 0.3) is 5.91 Å². The molecule has 0 aromatic heterocycles. The second-order valence-electron chi connectivity index (χ2n) is 10.2. The summed E-state index contributed by atoms with van der Waals surface area (Å²) in [6.07, 6.45) is 0.846. The third-order valence-electron chi connectivity index (χ3n) is 8.07. The topological polar surface area (TPSA) is 92.8 Å². The van der Waals surface area contributed by atoms with Crippen LogP contribution < -0.4 is 24.3 Å². The molecule has 10 heteroatoms. The van der Waals surface area contributed by atoms with E-state index in [-0.39, 0.29) is 11.8 Å². The van der Waals surface area contributed by atoms with Crippen molar-refractivity contribution in [1.82, 2.24) is 20.0 Å². The van der Waals surface area contributed by atoms with E-state index in [0.29, 0.717) is 40.7 Å². The van der Waals surface area contributed by atoms with Crippen molar-refractivity contribution < 1.29 is 28.5 Å². The first-order valence-corrected chi connectivity index (χ1v) is 13.8. The molecule has 0 radical (unpaired) electrons. The van der Waals surface area contributed by atoms with Crippen molar-refractivity contribution >= 4 is 11.8 Å². The quantitative estimate of drug-likeness (QED) is 0.424. The Bertz CT molecular complexity index is 1200. The monoisotopic (exact) mass is 554 g/mol. The maximum absolute atomic E-state index is 14.0. The van der Waals surface area contributed by atoms with Gasteiger partial charge in [0.15, 0.2) is 23.0 Å². The molecule has 2 amide bonds. The highest BCUT2D eigenvalue weighted by molar-refractivity contribution is 6.02. The molecule has 40 heavy (non-hydrogen) atoms. The minimum Gasteiger partial charge on any atom is -0.493 e. The van der Waals surface area contributed by atoms with Gasteiger partial charge in [-0.2, -0.15) is 0 Å². The smallest absolute Gasteiger partial charge is 0.254 e. The van der Waals surface area contributed by atoms with Gasteiger partial charge in [-0.1, -0.05) is 13.0 Å². The van der Waals surface area contributed by atoms with Gasteiger partial charge < -0.3 is 39.0 Å². The summed E-state index contributed by atoms with van der Waals surface area (Å²) < 4.78 is 22.0. The first-order valence-electron chi connectivity index (χ1n) is 13.8. The van der Waals surface area contributed by atoms with E-state index in [1.54, 1.807) is 51.5 Å². The molecular weight excluding hydrogens is 512 g/mol. The summed E-state index contributed by atoms with van der Waals surface area (Å²) in [4.78, 5) is 34.1. The summed E-state index contributed by atoms with van der Waals surface area (Å²) in [6, 6.07) is 8.34. The molecule has 10 nitrogen and oxygen atoms in total. The Morgan fingerprint density at radius 1 is 0.875 bits per heavy atom. The number of ether oxygens (including phenoxy) is 4. The average molecular weight is 555 g/mol. The van der Waals surface area contributed by atoms with E-state index >= 15 is 0 Å². The van der Waals surface area contributed by atoms with Crippen LogP contribution in [0, 0.1) is 0 Å². The van der Waals surface area contributed by atoms with Gasteiger partial charge in [-0.3, -0.25) is 9.59 Å². The first kappa shape index (κ1) is 29.5. The van der Waals surface area contributed by atoms with Gasteiger partial charge in [0, 0.05) is 45.3 Å². The summed E-state index contributed by atoms with van der Waals surface area (Å²) in [5, 5.41) is 3.16. The molecule has 2 aromatic rings. The van der Waals surface area contributed by atoms with Gasteiger partial charge in [0.05, 0.1) is 40.4 Å². The Kier molecular flexibility index (Phi) is 9.76. The lowest BCUT2D eigenvalue weighted by Crippen LogP contribution is -2.47. The average Bonchev–Trinajstić information content (AvgIpc) is 3.00. The Morgan fingerprint density at radius 3 is 2.10 bits per heavy atom. The molecule has 0 spiro atoms. The number of carbonyl (C=O) groups excluding carboxylic acids is 2. The molecule has 1 N–H and O–H groups in total. The summed E-state index contributed by atoms with van der Waals surface area (Å²) in [7, 11) is 7.93. The number of nitrogens with one attached hydrogen (secondary N) is 1. The van der Waals surface area contributed by atoms with E-state index in [1.807, 2.05) is 12.1 Å². The molecule has 1 saturated heterocycles. The van der Waals surface area contributed by atoms with Crippen molar-refractivity contribution in [3.05, 3.63) is 47.0 Å². The Labute approximate surface area is 237 Å². The van der Waals surface area contributed by atoms with Crippen LogP contribution in [0.3, 0.4) is 0 Å². The van der Waals surface area contributed by atoms with E-state index < -0.39 is 12.0 Å². The second-order valence-corrected chi connectivity index (χ2v) is 10.2. The van der Waals surface area contributed by atoms with Gasteiger partial charge in [0.1, 0.15) is 0 Å². The van der Waals surface area contributed by atoms with Crippen LogP contribution in [0.2, 0.25) is 0 Å². The van der Waals surface area contributed by atoms with E-state index in [2.05, 4.69) is 22.0 Å². The normalized spacial score (nSPS) is 19.6. The van der Waals surface area contributed by atoms with E-state index in [9.17, 15) is 9.59 Å². The van der Waals surface area contributed by atoms with E-state index in [1.165, 1.54) is 7.11 Å². The van der Waals surface area contributed by atoms with Crippen molar-refractivity contribution in [3.8, 4) is 23.0 Å². The molecule has 4 rings (SSSR count). The van der Waals surface area contributed by atoms with Gasteiger partial charge in [-0.05, 0) is 54.9 Å². The van der Waals surface area contributed by atoms with Crippen LogP contribution >= 0.6 is 0 Å². The third kappa shape index (κ3) is 5.97. The van der Waals surface area contributed by atoms with Crippen molar-refractivity contribution in [3.63, 3.8) is 0 Å². The van der Waals surface area contributed by atoms with Crippen LogP contribution in [-0.2, 0) is 4.79 Å². The zero-order chi connectivity index (χ0) is 28.8. The molecule has 0 bridgehead atoms. The predicted molar refractivity (Wildman–Crippen MR) is 153 cm³/mol. The zero-order valence-electron chi connectivity index (χ0n) is 24.5. The minimum atomic E-state index is -0.677. The molecule has 0 aliphatic carbocycles. The Balaban J connectivity index is 1.62. The number of piperazine rings is 1. The highest BCUT2D eigenvalue weighted by Crippen LogP contribution is 2.46. The SMILES string of the molecule is CCN1CCN(CCCNC(=O)C2c3cc(OC)c(OC)cc3C(=O)N(C)C2c2ccc(OC)c(OC)c2)CC1. The lowest BCUT2D eigenvalue weighted by atomic mass is 9.79. The van der Waals surface area contributed by atoms with E-state index in [0.717, 1.165) is 51.3 Å². The van der Waals surface area contributed by atoms with Crippen molar-refractivity contribution in [1.29, 1.82) is 0 Å². The van der Waals surface area contributed by atoms with Gasteiger partial charge in [-0.25, -0.2) is 0 Å². The summed E-state index contributed by atoms with van der Waals surface area (Å²) >= 11 is 0. The molecule has 2 aliphatic heterocycles. The minimum absolute atomic E-state index is 0.150. The molecule has 0 saturated carbocycles. The Morgan fingerprint density at radius 2 is 1.48 bits per heavy atom. The molecular formula is C30H42N4O6. The van der Waals surface area contributed by atoms with Gasteiger partial charge >= 0.3 is 0 Å². The third-order valence-corrected chi connectivity index (χ3v) is 8.07. The van der Waals surface area contributed by atoms with Gasteiger partial charge in [0.2, 0.25) is 5.91 Å². The largest absolute Gasteiger partial charge is 0.493 e. The fourth-order valence-electron chi connectivity index (χ4n) is 5.74. The number of methoxy groups -OCH3 is 4. The highest BCUT2D eigenvalue weighted by atomic mass is 16.5. The molecule has 2 aromatic carbocycles. The number of likely N-dealkylation sites (N-methyl/N-ethyl adjacent to an activating group) is 2. The number of fused-ring (bicyclic) bond motifs is 1. The number of rotatable bonds is 11. The fraction of sp³-hybridized carbons (Fsp3) is 0.533. The number of amides is 2. The summed E-state index contributed by atoms with van der Waals surface area (Å²) in [6.45, 7) is 9.02. The number of carbonyl (C=O) groups is 2. The molecule has 2 aliphatic rings.